The number of nitrogens with zero attached hydrogens (tertiary/aromatic N) is 2. The second kappa shape index (κ2) is 7.41. The third-order valence-corrected chi connectivity index (χ3v) is 4.18. The zero-order valence-corrected chi connectivity index (χ0v) is 15.0. The number of carbonyl (C=O) groups excluding carboxylic acids is 2. The van der Waals surface area contributed by atoms with Gasteiger partial charge in [0, 0.05) is 23.9 Å². The molecule has 3 rings (SSSR count). The fourth-order valence-electron chi connectivity index (χ4n) is 2.60. The van der Waals surface area contributed by atoms with Crippen LogP contribution in [0.15, 0.2) is 54.7 Å². The van der Waals surface area contributed by atoms with Gasteiger partial charge < -0.3 is 5.32 Å². The van der Waals surface area contributed by atoms with Crippen molar-refractivity contribution in [2.45, 2.75) is 6.92 Å². The number of carbonyl (C=O) groups is 2. The van der Waals surface area contributed by atoms with Crippen LogP contribution < -0.4 is 10.6 Å². The van der Waals surface area contributed by atoms with Crippen molar-refractivity contribution in [2.24, 2.45) is 7.05 Å². The van der Waals surface area contributed by atoms with Crippen molar-refractivity contribution in [3.8, 4) is 11.3 Å². The number of rotatable bonds is 3. The summed E-state index contributed by atoms with van der Waals surface area (Å²) in [4.78, 5) is 24.2. The molecule has 6 nitrogen and oxygen atoms in total. The van der Waals surface area contributed by atoms with Crippen LogP contribution in [0.3, 0.4) is 0 Å². The van der Waals surface area contributed by atoms with Crippen molar-refractivity contribution in [1.29, 1.82) is 0 Å². The molecule has 0 unspecified atom stereocenters. The predicted octanol–water partition coefficient (Wildman–Crippen LogP) is 4.01. The molecule has 0 spiro atoms. The highest BCUT2D eigenvalue weighted by Gasteiger charge is 2.14. The molecule has 26 heavy (non-hydrogen) atoms. The third kappa shape index (κ3) is 3.75. The molecule has 1 aromatic heterocycles. The molecule has 2 N–H and O–H groups in total. The molecule has 1 heterocycles. The number of urea groups is 1. The van der Waals surface area contributed by atoms with Crippen molar-refractivity contribution in [1.82, 2.24) is 15.1 Å². The summed E-state index contributed by atoms with van der Waals surface area (Å²) in [5, 5.41) is 9.63. The number of benzene rings is 2. The molecule has 0 atom stereocenters. The van der Waals surface area contributed by atoms with Gasteiger partial charge in [0.1, 0.15) is 0 Å². The Morgan fingerprint density at radius 1 is 1.12 bits per heavy atom. The van der Waals surface area contributed by atoms with E-state index in [1.807, 2.05) is 13.0 Å². The van der Waals surface area contributed by atoms with Gasteiger partial charge in [-0.3, -0.25) is 14.8 Å². The fourth-order valence-corrected chi connectivity index (χ4v) is 2.86. The number of halogens is 1. The van der Waals surface area contributed by atoms with Gasteiger partial charge in [-0.1, -0.05) is 35.9 Å². The first-order valence-corrected chi connectivity index (χ1v) is 8.29. The summed E-state index contributed by atoms with van der Waals surface area (Å²) in [6.07, 6.45) is 1.57. The minimum atomic E-state index is -0.607. The van der Waals surface area contributed by atoms with Gasteiger partial charge in [0.25, 0.3) is 5.91 Å². The lowest BCUT2D eigenvalue weighted by molar-refractivity contribution is 0.0967. The van der Waals surface area contributed by atoms with E-state index in [9.17, 15) is 9.59 Å². The number of anilines is 1. The normalized spacial score (nSPS) is 10.4. The molecule has 0 aliphatic rings. The molecule has 3 aromatic rings. The van der Waals surface area contributed by atoms with E-state index in [-0.39, 0.29) is 0 Å². The summed E-state index contributed by atoms with van der Waals surface area (Å²) in [5.74, 6) is -0.467. The second-order valence-corrected chi connectivity index (χ2v) is 6.18. The standard InChI is InChI=1S/C19H17ClN4O2/c1-12-8-9-14(10-15(12)17-16(20)11-21-24(17)2)22-19(26)23-18(25)13-6-4-3-5-7-13/h3-11H,1-2H3,(H2,22,23,25,26). The first kappa shape index (κ1) is 17.7. The van der Waals surface area contributed by atoms with E-state index in [4.69, 9.17) is 11.6 Å². The maximum Gasteiger partial charge on any atom is 0.326 e. The highest BCUT2D eigenvalue weighted by Crippen LogP contribution is 2.31. The van der Waals surface area contributed by atoms with Gasteiger partial charge in [-0.2, -0.15) is 5.10 Å². The SMILES string of the molecule is Cc1ccc(NC(=O)NC(=O)c2ccccc2)cc1-c1c(Cl)cnn1C. The summed E-state index contributed by atoms with van der Waals surface area (Å²) in [5.41, 5.74) is 3.55. The van der Waals surface area contributed by atoms with Crippen molar-refractivity contribution in [3.63, 3.8) is 0 Å². The predicted molar refractivity (Wildman–Crippen MR) is 101 cm³/mol. The summed E-state index contributed by atoms with van der Waals surface area (Å²) < 4.78 is 1.67. The van der Waals surface area contributed by atoms with Crippen molar-refractivity contribution in [2.75, 3.05) is 5.32 Å². The van der Waals surface area contributed by atoms with Crippen LogP contribution >= 0.6 is 11.6 Å². The van der Waals surface area contributed by atoms with E-state index in [1.165, 1.54) is 0 Å². The Kier molecular flexibility index (Phi) is 5.04. The smallest absolute Gasteiger partial charge is 0.308 e. The minimum Gasteiger partial charge on any atom is -0.308 e. The average molecular weight is 369 g/mol. The van der Waals surface area contributed by atoms with Gasteiger partial charge in [-0.15, -0.1) is 0 Å². The van der Waals surface area contributed by atoms with Gasteiger partial charge in [0.2, 0.25) is 0 Å². The van der Waals surface area contributed by atoms with Crippen LogP contribution in [0, 0.1) is 6.92 Å². The number of hydrogen-bond donors (Lipinski definition) is 2. The van der Waals surface area contributed by atoms with Crippen LogP contribution in [-0.4, -0.2) is 21.7 Å². The number of imide groups is 1. The summed E-state index contributed by atoms with van der Waals surface area (Å²) in [6, 6.07) is 13.4. The Balaban J connectivity index is 1.77. The first-order valence-electron chi connectivity index (χ1n) is 7.91. The molecular weight excluding hydrogens is 352 g/mol. The molecule has 7 heteroatoms. The Morgan fingerprint density at radius 2 is 1.85 bits per heavy atom. The fraction of sp³-hybridized carbons (Fsp3) is 0.105. The van der Waals surface area contributed by atoms with E-state index in [2.05, 4.69) is 15.7 Å². The van der Waals surface area contributed by atoms with Crippen molar-refractivity contribution < 1.29 is 9.59 Å². The van der Waals surface area contributed by atoms with Crippen LogP contribution in [-0.2, 0) is 7.05 Å². The highest BCUT2D eigenvalue weighted by atomic mass is 35.5. The molecule has 0 bridgehead atoms. The van der Waals surface area contributed by atoms with Crippen LogP contribution in [0.25, 0.3) is 11.3 Å². The van der Waals surface area contributed by atoms with Crippen LogP contribution in [0.5, 0.6) is 0 Å². The lowest BCUT2D eigenvalue weighted by Gasteiger charge is -2.11. The summed E-state index contributed by atoms with van der Waals surface area (Å²) in [6.45, 7) is 1.95. The summed E-state index contributed by atoms with van der Waals surface area (Å²) >= 11 is 6.22. The Labute approximate surface area is 155 Å². The monoisotopic (exact) mass is 368 g/mol. The maximum absolute atomic E-state index is 12.1. The second-order valence-electron chi connectivity index (χ2n) is 5.77. The van der Waals surface area contributed by atoms with Crippen LogP contribution in [0.4, 0.5) is 10.5 Å². The number of nitrogens with one attached hydrogen (secondary N) is 2. The van der Waals surface area contributed by atoms with Crippen LogP contribution in [0.2, 0.25) is 5.02 Å². The largest absolute Gasteiger partial charge is 0.326 e. The third-order valence-electron chi connectivity index (χ3n) is 3.91. The van der Waals surface area contributed by atoms with Gasteiger partial charge >= 0.3 is 6.03 Å². The molecule has 132 valence electrons. The lowest BCUT2D eigenvalue weighted by Crippen LogP contribution is -2.34. The number of hydrogen-bond acceptors (Lipinski definition) is 3. The lowest BCUT2D eigenvalue weighted by atomic mass is 10.0. The van der Waals surface area contributed by atoms with E-state index in [0.717, 1.165) is 16.8 Å². The number of aryl methyl sites for hydroxylation is 2. The molecule has 2 aromatic carbocycles. The molecule has 0 saturated heterocycles. The van der Waals surface area contributed by atoms with Crippen molar-refractivity contribution in [3.05, 3.63) is 70.9 Å². The topological polar surface area (TPSA) is 76.0 Å². The van der Waals surface area contributed by atoms with Gasteiger partial charge in [0.05, 0.1) is 16.9 Å². The van der Waals surface area contributed by atoms with Gasteiger partial charge in [-0.25, -0.2) is 4.79 Å². The van der Waals surface area contributed by atoms with E-state index >= 15 is 0 Å². The molecule has 0 aliphatic heterocycles. The molecule has 0 fully saturated rings. The Hall–Kier alpha value is -3.12. The van der Waals surface area contributed by atoms with Crippen molar-refractivity contribution >= 4 is 29.2 Å². The maximum atomic E-state index is 12.1. The zero-order chi connectivity index (χ0) is 18.7. The molecule has 3 amide bonds. The molecule has 0 radical (unpaired) electrons. The zero-order valence-electron chi connectivity index (χ0n) is 14.3. The Bertz CT molecular complexity index is 947. The molecule has 0 aliphatic carbocycles. The minimum absolute atomic E-state index is 0.411. The molecule has 0 saturated carbocycles. The van der Waals surface area contributed by atoms with E-state index in [1.54, 1.807) is 60.4 Å². The van der Waals surface area contributed by atoms with E-state index in [0.29, 0.717) is 16.3 Å². The highest BCUT2D eigenvalue weighted by molar-refractivity contribution is 6.33. The quantitative estimate of drug-likeness (QED) is 0.733. The summed E-state index contributed by atoms with van der Waals surface area (Å²) in [7, 11) is 1.80. The Morgan fingerprint density at radius 3 is 2.50 bits per heavy atom. The van der Waals surface area contributed by atoms with Gasteiger partial charge in [-0.05, 0) is 36.8 Å². The molecular formula is C19H17ClN4O2. The van der Waals surface area contributed by atoms with Crippen LogP contribution in [0.1, 0.15) is 15.9 Å². The van der Waals surface area contributed by atoms with E-state index < -0.39 is 11.9 Å². The number of amides is 3. The van der Waals surface area contributed by atoms with Gasteiger partial charge in [0.15, 0.2) is 0 Å². The first-order chi connectivity index (χ1) is 12.5. The average Bonchev–Trinajstić information content (AvgIpc) is 2.96. The number of aromatic nitrogens is 2.